The molecule has 2 atom stereocenters. The van der Waals surface area contributed by atoms with Gasteiger partial charge in [0.05, 0.1) is 23.4 Å². The molecule has 0 saturated carbocycles. The number of ether oxygens (including phenoxy) is 1. The van der Waals surface area contributed by atoms with E-state index in [1.54, 1.807) is 13.4 Å². The lowest BCUT2D eigenvalue weighted by molar-refractivity contribution is 0.0682. The predicted molar refractivity (Wildman–Crippen MR) is 81.8 cm³/mol. The Morgan fingerprint density at radius 1 is 1.45 bits per heavy atom. The molecule has 2 aromatic heterocycles. The van der Waals surface area contributed by atoms with Crippen molar-refractivity contribution in [1.29, 1.82) is 0 Å². The van der Waals surface area contributed by atoms with Crippen LogP contribution in [-0.4, -0.2) is 49.7 Å². The number of nitrogens with zero attached hydrogens (tertiary/aromatic N) is 5. The summed E-state index contributed by atoms with van der Waals surface area (Å²) in [5.74, 6) is 0.780. The number of aromatic nitrogens is 4. The van der Waals surface area contributed by atoms with Gasteiger partial charge in [-0.25, -0.2) is 0 Å². The van der Waals surface area contributed by atoms with Crippen molar-refractivity contribution >= 4 is 17.4 Å². The van der Waals surface area contributed by atoms with Gasteiger partial charge in [-0.15, -0.1) is 10.2 Å². The van der Waals surface area contributed by atoms with Crippen LogP contribution in [0.25, 0.3) is 0 Å². The van der Waals surface area contributed by atoms with E-state index in [4.69, 9.17) is 4.74 Å². The van der Waals surface area contributed by atoms with Crippen molar-refractivity contribution in [3.05, 3.63) is 28.3 Å². The van der Waals surface area contributed by atoms with Crippen LogP contribution in [0.3, 0.4) is 0 Å². The number of carbonyl (C=O) groups is 1. The fraction of sp³-hybridized carbons (Fsp3) is 0.571. The number of amides is 1. The van der Waals surface area contributed by atoms with Gasteiger partial charge in [-0.05, 0) is 25.4 Å². The molecule has 0 aromatic carbocycles. The average molecular weight is 321 g/mol. The van der Waals surface area contributed by atoms with Gasteiger partial charge in [0, 0.05) is 32.0 Å². The number of hydrogen-bond acceptors (Lipinski definition) is 6. The molecule has 118 valence electrons. The summed E-state index contributed by atoms with van der Waals surface area (Å²) in [5.41, 5.74) is 1.49. The third kappa shape index (κ3) is 2.42. The van der Waals surface area contributed by atoms with Crippen molar-refractivity contribution in [1.82, 2.24) is 24.0 Å². The van der Waals surface area contributed by atoms with Crippen molar-refractivity contribution in [3.63, 3.8) is 0 Å². The van der Waals surface area contributed by atoms with Crippen molar-refractivity contribution < 1.29 is 9.53 Å². The molecular formula is C14H19N5O2S. The number of rotatable bonds is 3. The smallest absolute Gasteiger partial charge is 0.257 e. The van der Waals surface area contributed by atoms with Crippen LogP contribution in [0.15, 0.2) is 6.33 Å². The molecule has 0 bridgehead atoms. The number of hydrogen-bond donors (Lipinski definition) is 0. The molecule has 1 aliphatic rings. The Labute approximate surface area is 133 Å². The molecule has 0 unspecified atom stereocenters. The fourth-order valence-electron chi connectivity index (χ4n) is 2.96. The molecule has 3 rings (SSSR count). The minimum atomic E-state index is -0.122. The van der Waals surface area contributed by atoms with Crippen molar-refractivity contribution in [3.8, 4) is 0 Å². The summed E-state index contributed by atoms with van der Waals surface area (Å²) in [6, 6.07) is -0.122. The second-order valence-electron chi connectivity index (χ2n) is 5.57. The van der Waals surface area contributed by atoms with E-state index in [9.17, 15) is 4.79 Å². The Kier molecular flexibility index (Phi) is 3.96. The monoisotopic (exact) mass is 321 g/mol. The van der Waals surface area contributed by atoms with Gasteiger partial charge >= 0.3 is 0 Å². The molecule has 1 fully saturated rings. The summed E-state index contributed by atoms with van der Waals surface area (Å²) in [7, 11) is 3.57. The highest BCUT2D eigenvalue weighted by Crippen LogP contribution is 2.34. The quantitative estimate of drug-likeness (QED) is 0.856. The fourth-order valence-corrected chi connectivity index (χ4v) is 3.65. The zero-order chi connectivity index (χ0) is 15.9. The molecule has 8 heteroatoms. The van der Waals surface area contributed by atoms with E-state index in [2.05, 4.69) is 14.6 Å². The van der Waals surface area contributed by atoms with E-state index in [-0.39, 0.29) is 18.1 Å². The minimum Gasteiger partial charge on any atom is -0.380 e. The van der Waals surface area contributed by atoms with E-state index in [1.165, 1.54) is 11.5 Å². The van der Waals surface area contributed by atoms with Crippen LogP contribution in [0, 0.1) is 13.8 Å². The maximum Gasteiger partial charge on any atom is 0.257 e. The largest absolute Gasteiger partial charge is 0.380 e. The highest BCUT2D eigenvalue weighted by atomic mass is 32.1. The first-order valence-corrected chi connectivity index (χ1v) is 7.90. The van der Waals surface area contributed by atoms with E-state index in [0.29, 0.717) is 12.1 Å². The van der Waals surface area contributed by atoms with Crippen LogP contribution >= 0.6 is 11.5 Å². The lowest BCUT2D eigenvalue weighted by Crippen LogP contribution is -2.33. The summed E-state index contributed by atoms with van der Waals surface area (Å²) >= 11 is 1.36. The topological polar surface area (TPSA) is 73.1 Å². The molecule has 7 nitrogen and oxygen atoms in total. The Hall–Kier alpha value is -1.80. The standard InChI is InChI=1S/C14H19N5O2S/c1-8-12(9(2)22-17-8)14(20)19-6-10(21-4)5-11(19)13-16-15-7-18(13)3/h7,10-11H,5-6H2,1-4H3/t10-,11+/m1/s1. The zero-order valence-electron chi connectivity index (χ0n) is 13.1. The van der Waals surface area contributed by atoms with Crippen LogP contribution in [0.5, 0.6) is 0 Å². The lowest BCUT2D eigenvalue weighted by atomic mass is 10.1. The van der Waals surface area contributed by atoms with Crippen molar-refractivity contribution in [2.24, 2.45) is 7.05 Å². The molecule has 0 radical (unpaired) electrons. The average Bonchev–Trinajstić information content (AvgIpc) is 3.17. The Morgan fingerprint density at radius 3 is 2.77 bits per heavy atom. The maximum absolute atomic E-state index is 13.0. The molecule has 1 saturated heterocycles. The van der Waals surface area contributed by atoms with E-state index < -0.39 is 0 Å². The van der Waals surface area contributed by atoms with Crippen LogP contribution < -0.4 is 0 Å². The van der Waals surface area contributed by atoms with Gasteiger partial charge in [-0.3, -0.25) is 4.79 Å². The summed E-state index contributed by atoms with van der Waals surface area (Å²) in [6.45, 7) is 4.36. The third-order valence-corrected chi connectivity index (χ3v) is 4.99. The number of methoxy groups -OCH3 is 1. The highest BCUT2D eigenvalue weighted by Gasteiger charge is 2.40. The van der Waals surface area contributed by atoms with Gasteiger partial charge < -0.3 is 14.2 Å². The van der Waals surface area contributed by atoms with Gasteiger partial charge in [0.25, 0.3) is 5.91 Å². The van der Waals surface area contributed by atoms with Crippen molar-refractivity contribution in [2.45, 2.75) is 32.4 Å². The first kappa shape index (κ1) is 15.1. The van der Waals surface area contributed by atoms with Gasteiger partial charge in [0.1, 0.15) is 6.33 Å². The molecule has 22 heavy (non-hydrogen) atoms. The van der Waals surface area contributed by atoms with Crippen LogP contribution in [0.2, 0.25) is 0 Å². The van der Waals surface area contributed by atoms with Gasteiger partial charge in [0.15, 0.2) is 5.82 Å². The molecule has 0 aliphatic carbocycles. The summed E-state index contributed by atoms with van der Waals surface area (Å²) in [5, 5.41) is 8.11. The Balaban J connectivity index is 1.96. The molecule has 0 N–H and O–H groups in total. The van der Waals surface area contributed by atoms with Gasteiger partial charge in [0.2, 0.25) is 0 Å². The highest BCUT2D eigenvalue weighted by molar-refractivity contribution is 7.06. The zero-order valence-corrected chi connectivity index (χ0v) is 13.9. The normalized spacial score (nSPS) is 21.5. The molecule has 0 spiro atoms. The van der Waals surface area contributed by atoms with Crippen LogP contribution in [0.4, 0.5) is 0 Å². The number of aryl methyl sites for hydroxylation is 3. The SMILES string of the molecule is CO[C@@H]1C[C@@H](c2nncn2C)N(C(=O)c2c(C)nsc2C)C1. The second kappa shape index (κ2) is 5.77. The molecular weight excluding hydrogens is 302 g/mol. The molecule has 3 heterocycles. The summed E-state index contributed by atoms with van der Waals surface area (Å²) < 4.78 is 11.6. The number of likely N-dealkylation sites (tertiary alicyclic amines) is 1. The first-order chi connectivity index (χ1) is 10.5. The Bertz CT molecular complexity index is 676. The maximum atomic E-state index is 13.0. The van der Waals surface area contributed by atoms with E-state index >= 15 is 0 Å². The third-order valence-electron chi connectivity index (χ3n) is 4.15. The summed E-state index contributed by atoms with van der Waals surface area (Å²) in [4.78, 5) is 15.8. The van der Waals surface area contributed by atoms with E-state index in [0.717, 1.165) is 22.8 Å². The number of carbonyl (C=O) groups excluding carboxylic acids is 1. The molecule has 1 amide bonds. The first-order valence-electron chi connectivity index (χ1n) is 7.13. The van der Waals surface area contributed by atoms with E-state index in [1.807, 2.05) is 30.4 Å². The molecule has 1 aliphatic heterocycles. The summed E-state index contributed by atoms with van der Waals surface area (Å²) in [6.07, 6.45) is 2.39. The Morgan fingerprint density at radius 2 is 2.23 bits per heavy atom. The predicted octanol–water partition coefficient (Wildman–Crippen LogP) is 1.49. The molecule has 2 aromatic rings. The van der Waals surface area contributed by atoms with Gasteiger partial charge in [-0.2, -0.15) is 4.37 Å². The van der Waals surface area contributed by atoms with Gasteiger partial charge in [-0.1, -0.05) is 0 Å². The van der Waals surface area contributed by atoms with Crippen molar-refractivity contribution in [2.75, 3.05) is 13.7 Å². The van der Waals surface area contributed by atoms with Crippen LogP contribution in [0.1, 0.15) is 39.2 Å². The minimum absolute atomic E-state index is 0.00343. The van der Waals surface area contributed by atoms with Crippen LogP contribution in [-0.2, 0) is 11.8 Å². The second-order valence-corrected chi connectivity index (χ2v) is 6.54. The lowest BCUT2D eigenvalue weighted by Gasteiger charge is -2.23.